The highest BCUT2D eigenvalue weighted by molar-refractivity contribution is 6.35. The Morgan fingerprint density at radius 3 is 2.32 bits per heavy atom. The number of rotatable bonds is 4. The Bertz CT molecular complexity index is 604. The van der Waals surface area contributed by atoms with E-state index in [0.717, 1.165) is 12.8 Å². The van der Waals surface area contributed by atoms with Gasteiger partial charge in [0.15, 0.2) is 6.10 Å². The SMILES string of the molecule is CC(Oc1ccc(Cl)cc1Cl)C(=O)NC1CC(C)(C)NC(C)(C)C1.Cl. The van der Waals surface area contributed by atoms with Crippen molar-refractivity contribution in [2.45, 2.75) is 70.7 Å². The number of amides is 1. The number of hydrogen-bond donors (Lipinski definition) is 2. The number of piperidine rings is 1. The molecule has 1 atom stereocenters. The minimum absolute atomic E-state index is 0. The Balaban J connectivity index is 0.00000312. The first-order chi connectivity index (χ1) is 11.0. The van der Waals surface area contributed by atoms with Crippen LogP contribution in [0.5, 0.6) is 5.75 Å². The van der Waals surface area contributed by atoms with Crippen molar-refractivity contribution >= 4 is 41.5 Å². The molecule has 0 saturated carbocycles. The molecule has 0 bridgehead atoms. The van der Waals surface area contributed by atoms with Crippen molar-refractivity contribution < 1.29 is 9.53 Å². The van der Waals surface area contributed by atoms with E-state index in [9.17, 15) is 4.79 Å². The van der Waals surface area contributed by atoms with Gasteiger partial charge in [-0.2, -0.15) is 0 Å². The second-order valence-corrected chi connectivity index (χ2v) is 8.68. The summed E-state index contributed by atoms with van der Waals surface area (Å²) < 4.78 is 5.69. The van der Waals surface area contributed by atoms with E-state index < -0.39 is 6.10 Å². The van der Waals surface area contributed by atoms with Crippen molar-refractivity contribution in [2.75, 3.05) is 0 Å². The standard InChI is InChI=1S/C18H26Cl2N2O2.ClH/c1-11(24-15-7-6-12(19)8-14(15)20)16(23)21-13-9-17(2,3)22-18(4,5)10-13;/h6-8,11,13,22H,9-10H2,1-5H3,(H,21,23);1H. The molecule has 0 spiro atoms. The summed E-state index contributed by atoms with van der Waals surface area (Å²) in [6, 6.07) is 5.06. The maximum atomic E-state index is 12.5. The Morgan fingerprint density at radius 2 is 1.80 bits per heavy atom. The molecule has 4 nitrogen and oxygen atoms in total. The predicted octanol–water partition coefficient (Wildman–Crippen LogP) is 4.61. The fourth-order valence-corrected chi connectivity index (χ4v) is 4.01. The van der Waals surface area contributed by atoms with Crippen LogP contribution in [0.25, 0.3) is 0 Å². The van der Waals surface area contributed by atoms with Crippen LogP contribution in [-0.2, 0) is 4.79 Å². The molecule has 142 valence electrons. The van der Waals surface area contributed by atoms with Crippen molar-refractivity contribution in [1.82, 2.24) is 10.6 Å². The highest BCUT2D eigenvalue weighted by Crippen LogP contribution is 2.30. The van der Waals surface area contributed by atoms with Gasteiger partial charge < -0.3 is 15.4 Å². The lowest BCUT2D eigenvalue weighted by molar-refractivity contribution is -0.128. The molecule has 0 radical (unpaired) electrons. The zero-order valence-corrected chi connectivity index (χ0v) is 17.6. The van der Waals surface area contributed by atoms with E-state index in [-0.39, 0.29) is 35.4 Å². The van der Waals surface area contributed by atoms with Crippen LogP contribution >= 0.6 is 35.6 Å². The van der Waals surface area contributed by atoms with E-state index >= 15 is 0 Å². The Hall–Kier alpha value is -0.680. The molecule has 1 aliphatic rings. The average molecular weight is 410 g/mol. The summed E-state index contributed by atoms with van der Waals surface area (Å²) in [7, 11) is 0. The summed E-state index contributed by atoms with van der Waals surface area (Å²) in [4.78, 5) is 12.5. The van der Waals surface area contributed by atoms with Gasteiger partial charge in [-0.25, -0.2) is 0 Å². The van der Waals surface area contributed by atoms with Crippen LogP contribution in [-0.4, -0.2) is 29.1 Å². The molecule has 7 heteroatoms. The van der Waals surface area contributed by atoms with Crippen molar-refractivity contribution in [3.63, 3.8) is 0 Å². The van der Waals surface area contributed by atoms with Crippen LogP contribution in [0, 0.1) is 0 Å². The van der Waals surface area contributed by atoms with Crippen molar-refractivity contribution in [2.24, 2.45) is 0 Å². The molecule has 2 rings (SSSR count). The number of halogens is 3. The third-order valence-electron chi connectivity index (χ3n) is 4.10. The summed E-state index contributed by atoms with van der Waals surface area (Å²) in [5, 5.41) is 7.64. The molecule has 1 unspecified atom stereocenters. The Kier molecular flexibility index (Phi) is 7.46. The lowest BCUT2D eigenvalue weighted by atomic mass is 9.79. The number of benzene rings is 1. The van der Waals surface area contributed by atoms with Gasteiger partial charge in [-0.05, 0) is 65.7 Å². The number of hydrogen-bond acceptors (Lipinski definition) is 3. The molecular formula is C18H27Cl3N2O2. The van der Waals surface area contributed by atoms with E-state index in [1.165, 1.54) is 0 Å². The predicted molar refractivity (Wildman–Crippen MR) is 106 cm³/mol. The maximum absolute atomic E-state index is 12.5. The average Bonchev–Trinajstić information content (AvgIpc) is 2.38. The molecule has 1 aliphatic heterocycles. The van der Waals surface area contributed by atoms with Crippen LogP contribution in [0.4, 0.5) is 0 Å². The molecule has 0 aromatic heterocycles. The number of carbonyl (C=O) groups is 1. The summed E-state index contributed by atoms with van der Waals surface area (Å²) >= 11 is 12.0. The lowest BCUT2D eigenvalue weighted by Gasteiger charge is -2.46. The monoisotopic (exact) mass is 408 g/mol. The topological polar surface area (TPSA) is 50.4 Å². The minimum atomic E-state index is -0.634. The van der Waals surface area contributed by atoms with E-state index in [0.29, 0.717) is 15.8 Å². The molecule has 0 aliphatic carbocycles. The maximum Gasteiger partial charge on any atom is 0.260 e. The molecule has 1 amide bonds. The van der Waals surface area contributed by atoms with Crippen LogP contribution in [0.1, 0.15) is 47.5 Å². The van der Waals surface area contributed by atoms with Crippen LogP contribution in [0.15, 0.2) is 18.2 Å². The summed E-state index contributed by atoms with van der Waals surface area (Å²) in [6.45, 7) is 10.3. The van der Waals surface area contributed by atoms with Gasteiger partial charge in [0.05, 0.1) is 5.02 Å². The summed E-state index contributed by atoms with van der Waals surface area (Å²) in [5.41, 5.74) is -0.0490. The van der Waals surface area contributed by atoms with Gasteiger partial charge in [0.2, 0.25) is 0 Å². The second kappa shape index (κ2) is 8.34. The fraction of sp³-hybridized carbons (Fsp3) is 0.611. The highest BCUT2D eigenvalue weighted by Gasteiger charge is 2.38. The first kappa shape index (κ1) is 22.4. The largest absolute Gasteiger partial charge is 0.479 e. The van der Waals surface area contributed by atoms with Crippen LogP contribution in [0.2, 0.25) is 10.0 Å². The first-order valence-electron chi connectivity index (χ1n) is 8.19. The van der Waals surface area contributed by atoms with Gasteiger partial charge in [0.1, 0.15) is 5.75 Å². The van der Waals surface area contributed by atoms with E-state index in [4.69, 9.17) is 27.9 Å². The minimum Gasteiger partial charge on any atom is -0.479 e. The third-order valence-corrected chi connectivity index (χ3v) is 4.63. The third kappa shape index (κ3) is 6.52. The van der Waals surface area contributed by atoms with Gasteiger partial charge in [-0.3, -0.25) is 4.79 Å². The van der Waals surface area contributed by atoms with Gasteiger partial charge in [0.25, 0.3) is 5.91 Å². The number of ether oxygens (including phenoxy) is 1. The first-order valence-corrected chi connectivity index (χ1v) is 8.94. The smallest absolute Gasteiger partial charge is 0.260 e. The lowest BCUT2D eigenvalue weighted by Crippen LogP contribution is -2.62. The fourth-order valence-electron chi connectivity index (χ4n) is 3.56. The summed E-state index contributed by atoms with van der Waals surface area (Å²) in [5.74, 6) is 0.314. The van der Waals surface area contributed by atoms with Gasteiger partial charge >= 0.3 is 0 Å². The molecule has 1 aromatic rings. The van der Waals surface area contributed by atoms with Crippen LogP contribution in [0.3, 0.4) is 0 Å². The highest BCUT2D eigenvalue weighted by atomic mass is 35.5. The Morgan fingerprint density at radius 1 is 1.24 bits per heavy atom. The van der Waals surface area contributed by atoms with Crippen molar-refractivity contribution in [3.05, 3.63) is 28.2 Å². The van der Waals surface area contributed by atoms with Gasteiger partial charge in [-0.1, -0.05) is 23.2 Å². The second-order valence-electron chi connectivity index (χ2n) is 7.84. The molecular weight excluding hydrogens is 383 g/mol. The number of nitrogens with one attached hydrogen (secondary N) is 2. The zero-order valence-electron chi connectivity index (χ0n) is 15.3. The molecule has 25 heavy (non-hydrogen) atoms. The summed E-state index contributed by atoms with van der Waals surface area (Å²) in [6.07, 6.45) is 1.11. The Labute approximate surface area is 166 Å². The normalized spacial score (nSPS) is 20.3. The quantitative estimate of drug-likeness (QED) is 0.763. The molecule has 1 heterocycles. The van der Waals surface area contributed by atoms with E-state index in [2.05, 4.69) is 38.3 Å². The number of carbonyl (C=O) groups excluding carboxylic acids is 1. The van der Waals surface area contributed by atoms with E-state index in [1.54, 1.807) is 25.1 Å². The molecule has 2 N–H and O–H groups in total. The van der Waals surface area contributed by atoms with Crippen molar-refractivity contribution in [3.8, 4) is 5.75 Å². The van der Waals surface area contributed by atoms with Gasteiger partial charge in [0, 0.05) is 22.1 Å². The van der Waals surface area contributed by atoms with Crippen LogP contribution < -0.4 is 15.4 Å². The molecule has 1 aromatic carbocycles. The molecule has 1 saturated heterocycles. The van der Waals surface area contributed by atoms with E-state index in [1.807, 2.05) is 0 Å². The van der Waals surface area contributed by atoms with Crippen molar-refractivity contribution in [1.29, 1.82) is 0 Å². The zero-order chi connectivity index (χ0) is 18.1. The van der Waals surface area contributed by atoms with Gasteiger partial charge in [-0.15, -0.1) is 12.4 Å². The molecule has 1 fully saturated rings.